The van der Waals surface area contributed by atoms with Crippen LogP contribution < -0.4 is 16.0 Å². The van der Waals surface area contributed by atoms with Crippen LogP contribution in [0.3, 0.4) is 0 Å². The Morgan fingerprint density at radius 1 is 0.920 bits per heavy atom. The molecule has 3 N–H and O–H groups in total. The van der Waals surface area contributed by atoms with Crippen molar-refractivity contribution in [3.63, 3.8) is 0 Å². The third-order valence-electron chi connectivity index (χ3n) is 3.11. The molecule has 0 saturated carbocycles. The summed E-state index contributed by atoms with van der Waals surface area (Å²) in [5, 5.41) is 17.1. The molecular weight excluding hydrogens is 320 g/mol. The van der Waals surface area contributed by atoms with Crippen LogP contribution in [0.4, 0.5) is 17.3 Å². The first-order valence-electron chi connectivity index (χ1n) is 7.60. The molecule has 0 aliphatic heterocycles. The van der Waals surface area contributed by atoms with Crippen LogP contribution in [0.1, 0.15) is 10.5 Å². The van der Waals surface area contributed by atoms with Crippen molar-refractivity contribution in [3.05, 3.63) is 60.9 Å². The van der Waals surface area contributed by atoms with Crippen molar-refractivity contribution in [2.75, 3.05) is 23.7 Å². The highest BCUT2D eigenvalue weighted by atomic mass is 16.1. The predicted molar refractivity (Wildman–Crippen MR) is 92.4 cm³/mol. The summed E-state index contributed by atoms with van der Waals surface area (Å²) < 4.78 is 0. The quantitative estimate of drug-likeness (QED) is 0.552. The molecule has 0 bridgehead atoms. The van der Waals surface area contributed by atoms with Gasteiger partial charge in [0, 0.05) is 31.7 Å². The van der Waals surface area contributed by atoms with Crippen LogP contribution >= 0.6 is 0 Å². The van der Waals surface area contributed by atoms with Crippen LogP contribution in [-0.2, 0) is 0 Å². The van der Waals surface area contributed by atoms with Crippen molar-refractivity contribution < 1.29 is 4.79 Å². The van der Waals surface area contributed by atoms with E-state index in [-0.39, 0.29) is 11.6 Å². The van der Waals surface area contributed by atoms with Crippen LogP contribution in [-0.4, -0.2) is 44.1 Å². The lowest BCUT2D eigenvalue weighted by molar-refractivity contribution is 0.0950. The van der Waals surface area contributed by atoms with Crippen molar-refractivity contribution in [3.8, 4) is 0 Å². The first kappa shape index (κ1) is 16.2. The van der Waals surface area contributed by atoms with E-state index >= 15 is 0 Å². The van der Waals surface area contributed by atoms with E-state index in [1.165, 1.54) is 18.6 Å². The van der Waals surface area contributed by atoms with E-state index in [4.69, 9.17) is 0 Å². The van der Waals surface area contributed by atoms with E-state index in [1.807, 2.05) is 12.1 Å². The smallest absolute Gasteiger partial charge is 0.271 e. The monoisotopic (exact) mass is 336 g/mol. The summed E-state index contributed by atoms with van der Waals surface area (Å²) in [6, 6.07) is 7.33. The fourth-order valence-corrected chi connectivity index (χ4v) is 1.95. The lowest BCUT2D eigenvalue weighted by atomic mass is 10.4. The average Bonchev–Trinajstić information content (AvgIpc) is 2.68. The Hall–Kier alpha value is -3.62. The Morgan fingerprint density at radius 2 is 1.76 bits per heavy atom. The van der Waals surface area contributed by atoms with Gasteiger partial charge in [0.25, 0.3) is 5.91 Å². The van der Waals surface area contributed by atoms with Gasteiger partial charge in [-0.25, -0.2) is 4.98 Å². The Kier molecular flexibility index (Phi) is 5.39. The SMILES string of the molecule is O=C(NCCNc1ccc(Nc2cccnc2)nn1)c1cnccn1. The standard InChI is InChI=1S/C16H16N8O/c25-16(13-11-18-6-7-19-13)21-9-8-20-14-3-4-15(24-23-14)22-12-2-1-5-17-10-12/h1-7,10-11H,8-9H2,(H,20,23)(H,21,25)(H,22,24). The first-order chi connectivity index (χ1) is 12.3. The molecule has 3 aromatic heterocycles. The van der Waals surface area contributed by atoms with Gasteiger partial charge in [-0.2, -0.15) is 0 Å². The summed E-state index contributed by atoms with van der Waals surface area (Å²) in [6.45, 7) is 0.933. The highest BCUT2D eigenvalue weighted by Crippen LogP contribution is 2.12. The maximum atomic E-state index is 11.8. The molecule has 0 fully saturated rings. The molecule has 3 heterocycles. The zero-order valence-electron chi connectivity index (χ0n) is 13.3. The van der Waals surface area contributed by atoms with Gasteiger partial charge in [-0.15, -0.1) is 10.2 Å². The van der Waals surface area contributed by atoms with E-state index in [2.05, 4.69) is 41.1 Å². The molecule has 0 aromatic carbocycles. The van der Waals surface area contributed by atoms with E-state index in [9.17, 15) is 4.79 Å². The predicted octanol–water partition coefficient (Wildman–Crippen LogP) is 1.25. The zero-order valence-corrected chi connectivity index (χ0v) is 13.3. The molecule has 1 amide bonds. The summed E-state index contributed by atoms with van der Waals surface area (Å²) in [6.07, 6.45) is 7.82. The van der Waals surface area contributed by atoms with Gasteiger partial charge in [-0.05, 0) is 24.3 Å². The number of amides is 1. The van der Waals surface area contributed by atoms with Crippen LogP contribution in [0, 0.1) is 0 Å². The Morgan fingerprint density at radius 3 is 2.48 bits per heavy atom. The van der Waals surface area contributed by atoms with E-state index in [0.717, 1.165) is 5.69 Å². The molecule has 25 heavy (non-hydrogen) atoms. The van der Waals surface area contributed by atoms with Gasteiger partial charge < -0.3 is 16.0 Å². The van der Waals surface area contributed by atoms with Gasteiger partial charge in [0.05, 0.1) is 18.1 Å². The normalized spacial score (nSPS) is 10.1. The maximum Gasteiger partial charge on any atom is 0.271 e. The number of nitrogens with one attached hydrogen (secondary N) is 3. The summed E-state index contributed by atoms with van der Waals surface area (Å²) in [4.78, 5) is 23.6. The molecule has 0 aliphatic carbocycles. The minimum atomic E-state index is -0.267. The van der Waals surface area contributed by atoms with Gasteiger partial charge >= 0.3 is 0 Å². The molecule has 3 rings (SSSR count). The topological polar surface area (TPSA) is 118 Å². The number of carbonyl (C=O) groups is 1. The number of anilines is 3. The van der Waals surface area contributed by atoms with Crippen molar-refractivity contribution in [2.24, 2.45) is 0 Å². The highest BCUT2D eigenvalue weighted by molar-refractivity contribution is 5.91. The summed E-state index contributed by atoms with van der Waals surface area (Å²) >= 11 is 0. The number of nitrogens with zero attached hydrogens (tertiary/aromatic N) is 5. The third kappa shape index (κ3) is 4.93. The van der Waals surface area contributed by atoms with Gasteiger partial charge in [0.1, 0.15) is 11.5 Å². The Labute approximate surface area is 144 Å². The number of carbonyl (C=O) groups excluding carboxylic acids is 1. The van der Waals surface area contributed by atoms with E-state index in [1.54, 1.807) is 24.5 Å². The zero-order chi connectivity index (χ0) is 17.3. The number of aromatic nitrogens is 5. The second-order valence-corrected chi connectivity index (χ2v) is 4.94. The average molecular weight is 336 g/mol. The van der Waals surface area contributed by atoms with E-state index in [0.29, 0.717) is 24.7 Å². The Balaban J connectivity index is 1.42. The fourth-order valence-electron chi connectivity index (χ4n) is 1.95. The minimum absolute atomic E-state index is 0.267. The van der Waals surface area contributed by atoms with Crippen LogP contribution in [0.2, 0.25) is 0 Å². The second kappa shape index (κ2) is 8.29. The van der Waals surface area contributed by atoms with Gasteiger partial charge in [-0.3, -0.25) is 14.8 Å². The largest absolute Gasteiger partial charge is 0.367 e. The molecule has 3 aromatic rings. The van der Waals surface area contributed by atoms with Crippen LogP contribution in [0.15, 0.2) is 55.2 Å². The molecule has 0 saturated heterocycles. The van der Waals surface area contributed by atoms with Gasteiger partial charge in [0.2, 0.25) is 0 Å². The Bertz CT molecular complexity index is 795. The molecule has 0 spiro atoms. The molecule has 0 unspecified atom stereocenters. The first-order valence-corrected chi connectivity index (χ1v) is 7.60. The molecule has 9 nitrogen and oxygen atoms in total. The van der Waals surface area contributed by atoms with Crippen LogP contribution in [0.5, 0.6) is 0 Å². The molecule has 0 atom stereocenters. The van der Waals surface area contributed by atoms with Crippen LogP contribution in [0.25, 0.3) is 0 Å². The van der Waals surface area contributed by atoms with Crippen molar-refractivity contribution in [1.29, 1.82) is 0 Å². The van der Waals surface area contributed by atoms with Crippen molar-refractivity contribution in [1.82, 2.24) is 30.5 Å². The molecule has 126 valence electrons. The lowest BCUT2D eigenvalue weighted by Gasteiger charge is -2.08. The number of hydrogen-bond donors (Lipinski definition) is 3. The summed E-state index contributed by atoms with van der Waals surface area (Å²) in [5.74, 6) is 0.969. The fraction of sp³-hybridized carbons (Fsp3) is 0.125. The molecule has 0 aliphatic rings. The third-order valence-corrected chi connectivity index (χ3v) is 3.11. The van der Waals surface area contributed by atoms with Crippen molar-refractivity contribution in [2.45, 2.75) is 0 Å². The molecule has 0 radical (unpaired) electrons. The van der Waals surface area contributed by atoms with Gasteiger partial charge in [0.15, 0.2) is 5.82 Å². The lowest BCUT2D eigenvalue weighted by Crippen LogP contribution is -2.29. The summed E-state index contributed by atoms with van der Waals surface area (Å²) in [5.41, 5.74) is 1.12. The van der Waals surface area contributed by atoms with Gasteiger partial charge in [-0.1, -0.05) is 0 Å². The number of hydrogen-bond acceptors (Lipinski definition) is 8. The molecule has 9 heteroatoms. The highest BCUT2D eigenvalue weighted by Gasteiger charge is 2.05. The van der Waals surface area contributed by atoms with E-state index < -0.39 is 0 Å². The molecular formula is C16H16N8O. The maximum absolute atomic E-state index is 11.8. The number of pyridine rings is 1. The second-order valence-electron chi connectivity index (χ2n) is 4.94. The summed E-state index contributed by atoms with van der Waals surface area (Å²) in [7, 11) is 0. The number of rotatable bonds is 7. The minimum Gasteiger partial charge on any atom is -0.367 e. The van der Waals surface area contributed by atoms with Crippen molar-refractivity contribution >= 4 is 23.2 Å².